The zero-order chi connectivity index (χ0) is 14.6. The van der Waals surface area contributed by atoms with E-state index in [1.807, 2.05) is 20.8 Å². The fraction of sp³-hybridized carbons (Fsp3) is 0.462. The molecule has 1 rings (SSSR count). The highest BCUT2D eigenvalue weighted by Gasteiger charge is 2.22. The van der Waals surface area contributed by atoms with Crippen molar-refractivity contribution in [3.63, 3.8) is 0 Å². The van der Waals surface area contributed by atoms with Gasteiger partial charge in [-0.25, -0.2) is 4.79 Å². The molecule has 0 fully saturated rings. The maximum absolute atomic E-state index is 11.5. The summed E-state index contributed by atoms with van der Waals surface area (Å²) < 4.78 is 4.61. The van der Waals surface area contributed by atoms with E-state index in [9.17, 15) is 14.9 Å². The minimum absolute atomic E-state index is 0.0609. The number of rotatable bonds is 5. The molecule has 104 valence electrons. The summed E-state index contributed by atoms with van der Waals surface area (Å²) in [4.78, 5) is 22.0. The van der Waals surface area contributed by atoms with Gasteiger partial charge in [-0.05, 0) is 32.4 Å². The lowest BCUT2D eigenvalue weighted by Gasteiger charge is -2.25. The third-order valence-electron chi connectivity index (χ3n) is 2.97. The second-order valence-corrected chi connectivity index (χ2v) is 4.84. The first-order valence-corrected chi connectivity index (χ1v) is 5.95. The zero-order valence-electron chi connectivity index (χ0n) is 11.5. The minimum atomic E-state index is -0.521. The molecule has 0 amide bonds. The van der Waals surface area contributed by atoms with Gasteiger partial charge in [-0.3, -0.25) is 10.1 Å². The SMILES string of the molecule is CCC(C)(C)Nc1cc(C(=O)OC)ccc1[N+](=O)[O-]. The second-order valence-electron chi connectivity index (χ2n) is 4.84. The van der Waals surface area contributed by atoms with Crippen LogP contribution in [0, 0.1) is 10.1 Å². The number of ether oxygens (including phenoxy) is 1. The summed E-state index contributed by atoms with van der Waals surface area (Å²) in [6, 6.07) is 4.13. The highest BCUT2D eigenvalue weighted by molar-refractivity contribution is 5.91. The highest BCUT2D eigenvalue weighted by Crippen LogP contribution is 2.29. The molecule has 0 aliphatic rings. The maximum atomic E-state index is 11.5. The summed E-state index contributed by atoms with van der Waals surface area (Å²) >= 11 is 0. The summed E-state index contributed by atoms with van der Waals surface area (Å²) in [5.74, 6) is -0.521. The highest BCUT2D eigenvalue weighted by atomic mass is 16.6. The fourth-order valence-corrected chi connectivity index (χ4v) is 1.49. The molecule has 0 unspecified atom stereocenters. The van der Waals surface area contributed by atoms with Gasteiger partial charge in [0, 0.05) is 11.6 Å². The number of methoxy groups -OCH3 is 1. The third-order valence-corrected chi connectivity index (χ3v) is 2.97. The molecule has 0 bridgehead atoms. The van der Waals surface area contributed by atoms with Crippen molar-refractivity contribution in [2.75, 3.05) is 12.4 Å². The molecule has 6 nitrogen and oxygen atoms in total. The van der Waals surface area contributed by atoms with Crippen molar-refractivity contribution in [3.8, 4) is 0 Å². The normalized spacial score (nSPS) is 10.9. The average molecular weight is 266 g/mol. The molecule has 0 saturated carbocycles. The number of nitro benzene ring substituents is 1. The molecule has 0 atom stereocenters. The van der Waals surface area contributed by atoms with Crippen LogP contribution >= 0.6 is 0 Å². The Kier molecular flexibility index (Phi) is 4.47. The van der Waals surface area contributed by atoms with Gasteiger partial charge >= 0.3 is 5.97 Å². The molecular weight excluding hydrogens is 248 g/mol. The Morgan fingerprint density at radius 1 is 1.47 bits per heavy atom. The number of benzene rings is 1. The van der Waals surface area contributed by atoms with Crippen LogP contribution < -0.4 is 5.32 Å². The Morgan fingerprint density at radius 2 is 2.11 bits per heavy atom. The van der Waals surface area contributed by atoms with E-state index in [1.54, 1.807) is 0 Å². The van der Waals surface area contributed by atoms with Crippen LogP contribution in [0.4, 0.5) is 11.4 Å². The lowest BCUT2D eigenvalue weighted by atomic mass is 10.0. The molecule has 19 heavy (non-hydrogen) atoms. The number of hydrogen-bond acceptors (Lipinski definition) is 5. The summed E-state index contributed by atoms with van der Waals surface area (Å²) in [5.41, 5.74) is 0.232. The molecule has 0 aliphatic heterocycles. The average Bonchev–Trinajstić information content (AvgIpc) is 2.37. The first kappa shape index (κ1) is 14.9. The van der Waals surface area contributed by atoms with E-state index in [-0.39, 0.29) is 16.8 Å². The molecule has 1 aromatic rings. The fourth-order valence-electron chi connectivity index (χ4n) is 1.49. The molecule has 0 aliphatic carbocycles. The largest absolute Gasteiger partial charge is 0.465 e. The van der Waals surface area contributed by atoms with Crippen LogP contribution in [-0.4, -0.2) is 23.5 Å². The lowest BCUT2D eigenvalue weighted by Crippen LogP contribution is -2.30. The lowest BCUT2D eigenvalue weighted by molar-refractivity contribution is -0.384. The Bertz CT molecular complexity index is 497. The number of hydrogen-bond donors (Lipinski definition) is 1. The van der Waals surface area contributed by atoms with E-state index in [1.165, 1.54) is 25.3 Å². The van der Waals surface area contributed by atoms with E-state index in [0.717, 1.165) is 6.42 Å². The quantitative estimate of drug-likeness (QED) is 0.503. The summed E-state index contributed by atoms with van der Waals surface area (Å²) in [6.45, 7) is 5.84. The van der Waals surface area contributed by atoms with E-state index in [2.05, 4.69) is 10.1 Å². The summed E-state index contributed by atoms with van der Waals surface area (Å²) in [5, 5.41) is 14.1. The Morgan fingerprint density at radius 3 is 2.58 bits per heavy atom. The van der Waals surface area contributed by atoms with Crippen molar-refractivity contribution >= 4 is 17.3 Å². The van der Waals surface area contributed by atoms with Crippen molar-refractivity contribution in [2.24, 2.45) is 0 Å². The standard InChI is InChI=1S/C13H18N2O4/c1-5-13(2,3)14-10-8-9(12(16)19-4)6-7-11(10)15(17)18/h6-8,14H,5H2,1-4H3. The van der Waals surface area contributed by atoms with Gasteiger partial charge in [0.2, 0.25) is 0 Å². The van der Waals surface area contributed by atoms with Crippen LogP contribution in [0.5, 0.6) is 0 Å². The van der Waals surface area contributed by atoms with Gasteiger partial charge in [0.05, 0.1) is 17.6 Å². The Balaban J connectivity index is 3.23. The van der Waals surface area contributed by atoms with Crippen LogP contribution in [0.3, 0.4) is 0 Å². The Labute approximate surface area is 111 Å². The minimum Gasteiger partial charge on any atom is -0.465 e. The van der Waals surface area contributed by atoms with Gasteiger partial charge in [-0.1, -0.05) is 6.92 Å². The zero-order valence-corrected chi connectivity index (χ0v) is 11.5. The van der Waals surface area contributed by atoms with E-state index >= 15 is 0 Å². The molecule has 0 saturated heterocycles. The third kappa shape index (κ3) is 3.67. The molecule has 0 radical (unpaired) electrons. The first-order valence-electron chi connectivity index (χ1n) is 5.95. The summed E-state index contributed by atoms with van der Waals surface area (Å²) in [7, 11) is 1.27. The van der Waals surface area contributed by atoms with Crippen molar-refractivity contribution in [1.29, 1.82) is 0 Å². The monoisotopic (exact) mass is 266 g/mol. The number of carbonyl (C=O) groups is 1. The molecule has 0 aromatic heterocycles. The number of anilines is 1. The number of nitro groups is 1. The van der Waals surface area contributed by atoms with Crippen molar-refractivity contribution in [1.82, 2.24) is 0 Å². The topological polar surface area (TPSA) is 81.5 Å². The van der Waals surface area contributed by atoms with E-state index in [4.69, 9.17) is 0 Å². The molecule has 0 heterocycles. The second kappa shape index (κ2) is 5.69. The van der Waals surface area contributed by atoms with Crippen molar-refractivity contribution in [2.45, 2.75) is 32.7 Å². The molecule has 1 N–H and O–H groups in total. The van der Waals surface area contributed by atoms with Crippen LogP contribution in [-0.2, 0) is 4.74 Å². The van der Waals surface area contributed by atoms with Crippen LogP contribution in [0.15, 0.2) is 18.2 Å². The van der Waals surface area contributed by atoms with Crippen molar-refractivity contribution in [3.05, 3.63) is 33.9 Å². The first-order chi connectivity index (χ1) is 8.80. The van der Waals surface area contributed by atoms with Gasteiger partial charge < -0.3 is 10.1 Å². The van der Waals surface area contributed by atoms with Gasteiger partial charge in [0.25, 0.3) is 5.69 Å². The smallest absolute Gasteiger partial charge is 0.337 e. The number of carbonyl (C=O) groups excluding carboxylic acids is 1. The van der Waals surface area contributed by atoms with Gasteiger partial charge in [-0.15, -0.1) is 0 Å². The maximum Gasteiger partial charge on any atom is 0.337 e. The molecule has 1 aromatic carbocycles. The predicted octanol–water partition coefficient (Wildman–Crippen LogP) is 2.98. The molecule has 6 heteroatoms. The number of nitrogens with one attached hydrogen (secondary N) is 1. The predicted molar refractivity (Wildman–Crippen MR) is 72.4 cm³/mol. The van der Waals surface area contributed by atoms with E-state index in [0.29, 0.717) is 5.69 Å². The van der Waals surface area contributed by atoms with Crippen LogP contribution in [0.1, 0.15) is 37.6 Å². The van der Waals surface area contributed by atoms with Gasteiger partial charge in [-0.2, -0.15) is 0 Å². The van der Waals surface area contributed by atoms with Gasteiger partial charge in [0.1, 0.15) is 5.69 Å². The van der Waals surface area contributed by atoms with Crippen LogP contribution in [0.25, 0.3) is 0 Å². The summed E-state index contributed by atoms with van der Waals surface area (Å²) in [6.07, 6.45) is 0.784. The number of nitrogens with zero attached hydrogens (tertiary/aromatic N) is 1. The van der Waals surface area contributed by atoms with E-state index < -0.39 is 10.9 Å². The van der Waals surface area contributed by atoms with Crippen molar-refractivity contribution < 1.29 is 14.5 Å². The number of esters is 1. The van der Waals surface area contributed by atoms with Gasteiger partial charge in [0.15, 0.2) is 0 Å². The Hall–Kier alpha value is -2.11. The molecular formula is C13H18N2O4. The van der Waals surface area contributed by atoms with Crippen LogP contribution in [0.2, 0.25) is 0 Å². The molecule has 0 spiro atoms.